The molecule has 1 aromatic rings. The molecule has 1 heterocycles. The van der Waals surface area contributed by atoms with Crippen molar-refractivity contribution < 1.29 is 18.8 Å². The van der Waals surface area contributed by atoms with Crippen LogP contribution < -0.4 is 11.1 Å². The van der Waals surface area contributed by atoms with Crippen LogP contribution in [0.4, 0.5) is 4.39 Å². The summed E-state index contributed by atoms with van der Waals surface area (Å²) in [5.41, 5.74) is 6.35. The molecule has 1 aliphatic heterocycles. The number of allylic oxidation sites excluding steroid dienone is 2. The molecule has 35 heavy (non-hydrogen) atoms. The molecule has 2 rings (SSSR count). The van der Waals surface area contributed by atoms with E-state index >= 15 is 0 Å². The number of thioether (sulfide) groups is 2. The molecule has 0 spiro atoms. The van der Waals surface area contributed by atoms with E-state index < -0.39 is 11.1 Å². The predicted molar refractivity (Wildman–Crippen MR) is 145 cm³/mol. The lowest BCUT2D eigenvalue weighted by atomic mass is 10.1. The summed E-state index contributed by atoms with van der Waals surface area (Å²) in [7, 11) is 0. The van der Waals surface area contributed by atoms with Crippen molar-refractivity contribution >= 4 is 47.3 Å². The van der Waals surface area contributed by atoms with Gasteiger partial charge in [-0.15, -0.1) is 11.8 Å². The lowest BCUT2D eigenvalue weighted by molar-refractivity contribution is -0.114. The number of amidine groups is 1. The van der Waals surface area contributed by atoms with Gasteiger partial charge in [-0.3, -0.25) is 10.2 Å². The van der Waals surface area contributed by atoms with Crippen LogP contribution in [0.5, 0.6) is 0 Å². The third-order valence-corrected chi connectivity index (χ3v) is 6.40. The van der Waals surface area contributed by atoms with Gasteiger partial charge in [0.2, 0.25) is 0 Å². The van der Waals surface area contributed by atoms with Gasteiger partial charge in [0.05, 0.1) is 24.0 Å². The average molecular weight is 524 g/mol. The normalized spacial score (nSPS) is 17.1. The molecule has 4 N–H and O–H groups in total. The number of aliphatic imine (C=N–C) groups is 1. The number of hydrogen-bond acceptors (Lipinski definition) is 7. The number of benzene rings is 1. The molecule has 1 unspecified atom stereocenters. The highest BCUT2D eigenvalue weighted by atomic mass is 32.2. The van der Waals surface area contributed by atoms with Crippen molar-refractivity contribution in [3.05, 3.63) is 52.2 Å². The van der Waals surface area contributed by atoms with E-state index in [9.17, 15) is 9.18 Å². The highest BCUT2D eigenvalue weighted by Gasteiger charge is 2.21. The van der Waals surface area contributed by atoms with Gasteiger partial charge in [-0.2, -0.15) is 4.39 Å². The molecule has 1 atom stereocenters. The first kappa shape index (κ1) is 30.4. The van der Waals surface area contributed by atoms with E-state index in [2.05, 4.69) is 15.5 Å². The lowest BCUT2D eigenvalue weighted by Gasteiger charge is -2.12. The van der Waals surface area contributed by atoms with Crippen LogP contribution in [0.3, 0.4) is 0 Å². The maximum absolute atomic E-state index is 13.9. The number of carbonyl (C=O) groups is 1. The first-order valence-electron chi connectivity index (χ1n) is 10.8. The van der Waals surface area contributed by atoms with Gasteiger partial charge in [-0.05, 0) is 43.3 Å². The molecule has 1 fully saturated rings. The Labute approximate surface area is 215 Å². The third kappa shape index (κ3) is 11.1. The molecular weight excluding hydrogens is 489 g/mol. The largest absolute Gasteiger partial charge is 0.389 e. The summed E-state index contributed by atoms with van der Waals surface area (Å²) in [6.07, 6.45) is 6.05. The van der Waals surface area contributed by atoms with Crippen molar-refractivity contribution in [3.63, 3.8) is 0 Å². The molecule has 1 aliphatic rings. The Morgan fingerprint density at radius 1 is 1.40 bits per heavy atom. The fourth-order valence-corrected chi connectivity index (χ4v) is 4.05. The first-order chi connectivity index (χ1) is 16.5. The summed E-state index contributed by atoms with van der Waals surface area (Å²) in [4.78, 5) is 23.4. The van der Waals surface area contributed by atoms with E-state index in [1.54, 1.807) is 25.1 Å². The predicted octanol–water partition coefficient (Wildman–Crippen LogP) is 5.21. The molecule has 0 radical (unpaired) electrons. The zero-order chi connectivity index (χ0) is 24.8. The number of halogens is 1. The van der Waals surface area contributed by atoms with Crippen LogP contribution in [0.15, 0.2) is 61.6 Å². The van der Waals surface area contributed by atoms with Crippen LogP contribution >= 0.6 is 23.5 Å². The molecule has 8 nitrogen and oxygen atoms in total. The van der Waals surface area contributed by atoms with Crippen LogP contribution in [0.1, 0.15) is 46.1 Å². The van der Waals surface area contributed by atoms with Crippen LogP contribution in [0.2, 0.25) is 0 Å². The smallest absolute Gasteiger partial charge is 0.278 e. The minimum Gasteiger partial charge on any atom is -0.389 e. The molecule has 0 bridgehead atoms. The van der Waals surface area contributed by atoms with Gasteiger partial charge in [-0.25, -0.2) is 4.99 Å². The highest BCUT2D eigenvalue weighted by molar-refractivity contribution is 8.06. The molecule has 1 aromatic carbocycles. The van der Waals surface area contributed by atoms with E-state index in [4.69, 9.17) is 20.7 Å². The summed E-state index contributed by atoms with van der Waals surface area (Å²) in [6, 6.07) is 7.19. The van der Waals surface area contributed by atoms with E-state index in [1.807, 2.05) is 19.1 Å². The van der Waals surface area contributed by atoms with Crippen LogP contribution in [-0.4, -0.2) is 48.9 Å². The number of hydrogen-bond donors (Lipinski definition) is 3. The number of nitrogens with zero attached hydrogens (tertiary/aromatic N) is 2. The van der Waals surface area contributed by atoms with Gasteiger partial charge in [-0.1, -0.05) is 44.1 Å². The minimum atomic E-state index is -0.500. The average Bonchev–Trinajstić information content (AvgIpc) is 3.36. The molecular formula is C24H34FN5O3S2. The van der Waals surface area contributed by atoms with Gasteiger partial charge >= 0.3 is 0 Å². The Balaban J connectivity index is 0.00000612. The monoisotopic (exact) mass is 523 g/mol. The third-order valence-electron chi connectivity index (χ3n) is 4.43. The SMILES string of the molecule is C.C/C=C(/F)S/C(=C/CCC)NC(=O)/C(=N/OC1CCOC1)c1ccc(SCC(N)=NC=N)cc1. The number of nitrogens with one attached hydrogen (secondary N) is 2. The van der Waals surface area contributed by atoms with Gasteiger partial charge in [0, 0.05) is 16.9 Å². The molecule has 0 aromatic heterocycles. The number of rotatable bonds is 13. The Hall–Kier alpha value is -2.63. The fraction of sp³-hybridized carbons (Fsp3) is 0.417. The van der Waals surface area contributed by atoms with E-state index in [-0.39, 0.29) is 19.2 Å². The number of carbonyl (C=O) groups excluding carboxylic acids is 1. The standard InChI is InChI=1S/C23H30FN5O3S2.CH4/c1-3-5-6-21(34-19(24)4-2)28-23(30)22(29-32-17-11-12-31-13-17)16-7-9-18(10-8-16)33-14-20(26)27-15-25;/h4,6-10,15,17H,3,5,11-14H2,1-2H3,(H,28,30)(H3,25,26,27);1H4/b19-4-,21-6+,29-22+;. The lowest BCUT2D eigenvalue weighted by Crippen LogP contribution is -2.31. The topological polar surface area (TPSA) is 122 Å². The number of ether oxygens (including phenoxy) is 1. The maximum Gasteiger partial charge on any atom is 0.278 e. The van der Waals surface area contributed by atoms with E-state index in [0.717, 1.165) is 29.4 Å². The van der Waals surface area contributed by atoms with Crippen molar-refractivity contribution in [2.45, 2.75) is 51.5 Å². The molecule has 0 saturated carbocycles. The Bertz CT molecular complexity index is 943. The van der Waals surface area contributed by atoms with Gasteiger partial charge in [0.25, 0.3) is 5.91 Å². The van der Waals surface area contributed by atoms with E-state index in [1.165, 1.54) is 17.8 Å². The van der Waals surface area contributed by atoms with Crippen LogP contribution in [-0.2, 0) is 14.4 Å². The number of unbranched alkanes of at least 4 members (excludes halogenated alkanes) is 1. The maximum atomic E-state index is 13.9. The summed E-state index contributed by atoms with van der Waals surface area (Å²) in [6.45, 7) is 4.59. The fourth-order valence-electron chi connectivity index (χ4n) is 2.66. The van der Waals surface area contributed by atoms with Crippen LogP contribution in [0.25, 0.3) is 0 Å². The van der Waals surface area contributed by atoms with Crippen molar-refractivity contribution in [3.8, 4) is 0 Å². The van der Waals surface area contributed by atoms with Crippen molar-refractivity contribution in [2.75, 3.05) is 19.0 Å². The summed E-state index contributed by atoms with van der Waals surface area (Å²) in [5, 5.41) is 13.9. The Kier molecular flexibility index (Phi) is 14.7. The van der Waals surface area contributed by atoms with Crippen molar-refractivity contribution in [1.29, 1.82) is 5.41 Å². The Morgan fingerprint density at radius 2 is 2.14 bits per heavy atom. The first-order valence-corrected chi connectivity index (χ1v) is 12.6. The molecule has 1 saturated heterocycles. The van der Waals surface area contributed by atoms with Gasteiger partial charge in [0.15, 0.2) is 17.0 Å². The molecule has 192 valence electrons. The van der Waals surface area contributed by atoms with Crippen LogP contribution in [0, 0.1) is 5.41 Å². The number of nitrogens with two attached hydrogens (primary N) is 1. The second-order valence-electron chi connectivity index (χ2n) is 7.10. The number of amides is 1. The summed E-state index contributed by atoms with van der Waals surface area (Å²) in [5.74, 6) is 0.274. The van der Waals surface area contributed by atoms with Gasteiger partial charge < -0.3 is 20.6 Å². The summed E-state index contributed by atoms with van der Waals surface area (Å²) >= 11 is 2.30. The number of oxime groups is 1. The minimum absolute atomic E-state index is 0. The zero-order valence-electron chi connectivity index (χ0n) is 19.3. The second-order valence-corrected chi connectivity index (χ2v) is 9.18. The van der Waals surface area contributed by atoms with Crippen molar-refractivity contribution in [2.24, 2.45) is 15.9 Å². The Morgan fingerprint density at radius 3 is 2.74 bits per heavy atom. The quantitative estimate of drug-likeness (QED) is 0.141. The summed E-state index contributed by atoms with van der Waals surface area (Å²) < 4.78 is 19.2. The van der Waals surface area contributed by atoms with Crippen molar-refractivity contribution in [1.82, 2.24) is 5.32 Å². The van der Waals surface area contributed by atoms with E-state index in [0.29, 0.717) is 48.2 Å². The van der Waals surface area contributed by atoms with Gasteiger partial charge in [0.1, 0.15) is 12.2 Å². The molecule has 11 heteroatoms. The second kappa shape index (κ2) is 16.9. The molecule has 0 aliphatic carbocycles. The molecule has 1 amide bonds. The highest BCUT2D eigenvalue weighted by Crippen LogP contribution is 2.25. The zero-order valence-corrected chi connectivity index (χ0v) is 20.9.